The lowest BCUT2D eigenvalue weighted by Gasteiger charge is -2.02. The van der Waals surface area contributed by atoms with E-state index in [1.165, 1.54) is 11.3 Å². The second-order valence-corrected chi connectivity index (χ2v) is 4.11. The van der Waals surface area contributed by atoms with Crippen LogP contribution in [-0.4, -0.2) is 15.9 Å². The molecule has 0 aliphatic heterocycles. The van der Waals surface area contributed by atoms with Crippen molar-refractivity contribution in [3.05, 3.63) is 40.1 Å². The third-order valence-corrected chi connectivity index (χ3v) is 3.08. The number of hydrogen-bond acceptors (Lipinski definition) is 3. The van der Waals surface area contributed by atoms with Crippen molar-refractivity contribution in [3.8, 4) is 0 Å². The Hall–Kier alpha value is -1.62. The van der Waals surface area contributed by atoms with Gasteiger partial charge in [0.15, 0.2) is 0 Å². The number of carbonyl (C=O) groups is 1. The Morgan fingerprint density at radius 1 is 1.67 bits per heavy atom. The normalized spacial score (nSPS) is 10.2. The van der Waals surface area contributed by atoms with E-state index in [1.54, 1.807) is 12.5 Å². The van der Waals surface area contributed by atoms with E-state index in [2.05, 4.69) is 15.3 Å². The van der Waals surface area contributed by atoms with Crippen LogP contribution in [0, 0.1) is 6.92 Å². The number of H-pyrrole nitrogens is 1. The van der Waals surface area contributed by atoms with Crippen molar-refractivity contribution in [1.82, 2.24) is 15.3 Å². The first-order valence-electron chi connectivity index (χ1n) is 4.57. The molecule has 0 unspecified atom stereocenters. The van der Waals surface area contributed by atoms with Crippen molar-refractivity contribution in [1.29, 1.82) is 0 Å². The van der Waals surface area contributed by atoms with Crippen LogP contribution >= 0.6 is 11.3 Å². The van der Waals surface area contributed by atoms with Gasteiger partial charge in [-0.2, -0.15) is 0 Å². The van der Waals surface area contributed by atoms with E-state index >= 15 is 0 Å². The van der Waals surface area contributed by atoms with Gasteiger partial charge in [0.1, 0.15) is 0 Å². The number of amides is 1. The molecule has 2 aromatic rings. The number of imidazole rings is 1. The molecule has 0 spiro atoms. The fourth-order valence-corrected chi connectivity index (χ4v) is 2.08. The average Bonchev–Trinajstić information content (AvgIpc) is 2.84. The molecule has 2 heterocycles. The second kappa shape index (κ2) is 4.27. The molecule has 2 N–H and O–H groups in total. The third-order valence-electron chi connectivity index (χ3n) is 2.06. The lowest BCUT2D eigenvalue weighted by Crippen LogP contribution is -2.22. The summed E-state index contributed by atoms with van der Waals surface area (Å²) in [6.07, 6.45) is 3.29. The first kappa shape index (κ1) is 9.92. The van der Waals surface area contributed by atoms with Crippen LogP contribution in [0.15, 0.2) is 24.0 Å². The van der Waals surface area contributed by atoms with Gasteiger partial charge in [-0.05, 0) is 23.9 Å². The van der Waals surface area contributed by atoms with Crippen LogP contribution in [0.25, 0.3) is 0 Å². The number of aromatic amines is 1. The Kier molecular flexibility index (Phi) is 2.82. The molecule has 0 saturated carbocycles. The van der Waals surface area contributed by atoms with E-state index in [0.717, 1.165) is 16.1 Å². The Bertz CT molecular complexity index is 447. The highest BCUT2D eigenvalue weighted by Crippen LogP contribution is 2.14. The summed E-state index contributed by atoms with van der Waals surface area (Å²) in [6.45, 7) is 2.41. The number of thiophene rings is 1. The van der Waals surface area contributed by atoms with Gasteiger partial charge in [-0.25, -0.2) is 4.98 Å². The van der Waals surface area contributed by atoms with Crippen molar-refractivity contribution in [2.45, 2.75) is 13.5 Å². The summed E-state index contributed by atoms with van der Waals surface area (Å²) in [5.41, 5.74) is 1.92. The topological polar surface area (TPSA) is 57.8 Å². The molecule has 0 fully saturated rings. The van der Waals surface area contributed by atoms with Crippen molar-refractivity contribution in [2.75, 3.05) is 0 Å². The number of nitrogens with zero attached hydrogens (tertiary/aromatic N) is 1. The van der Waals surface area contributed by atoms with Gasteiger partial charge < -0.3 is 10.3 Å². The number of aryl methyl sites for hydroxylation is 1. The van der Waals surface area contributed by atoms with Crippen LogP contribution in [0.2, 0.25) is 0 Å². The summed E-state index contributed by atoms with van der Waals surface area (Å²) < 4.78 is 0. The molecule has 15 heavy (non-hydrogen) atoms. The maximum absolute atomic E-state index is 11.7. The van der Waals surface area contributed by atoms with E-state index in [-0.39, 0.29) is 5.91 Å². The molecule has 1 amide bonds. The lowest BCUT2D eigenvalue weighted by molar-refractivity contribution is 0.0954. The minimum Gasteiger partial charge on any atom is -0.347 e. The van der Waals surface area contributed by atoms with Gasteiger partial charge in [-0.15, -0.1) is 11.3 Å². The number of aromatic nitrogens is 2. The standard InChI is InChI=1S/C10H11N3OS/c1-7-2-3-15-9(7)10(14)12-5-8-4-11-6-13-8/h2-4,6H,5H2,1H3,(H,11,13)(H,12,14). The van der Waals surface area contributed by atoms with Crippen LogP contribution in [0.1, 0.15) is 20.9 Å². The number of hydrogen-bond donors (Lipinski definition) is 2. The van der Waals surface area contributed by atoms with E-state index in [1.807, 2.05) is 18.4 Å². The molecule has 0 bridgehead atoms. The van der Waals surface area contributed by atoms with E-state index in [9.17, 15) is 4.79 Å². The summed E-state index contributed by atoms with van der Waals surface area (Å²) in [6, 6.07) is 1.94. The summed E-state index contributed by atoms with van der Waals surface area (Å²) in [5, 5.41) is 4.75. The highest BCUT2D eigenvalue weighted by Gasteiger charge is 2.09. The fourth-order valence-electron chi connectivity index (χ4n) is 1.24. The Morgan fingerprint density at radius 2 is 2.53 bits per heavy atom. The molecule has 5 heteroatoms. The molecule has 2 rings (SSSR count). The van der Waals surface area contributed by atoms with Crippen molar-refractivity contribution in [3.63, 3.8) is 0 Å². The van der Waals surface area contributed by atoms with Gasteiger partial charge in [0, 0.05) is 6.20 Å². The monoisotopic (exact) mass is 221 g/mol. The van der Waals surface area contributed by atoms with Crippen LogP contribution in [0.5, 0.6) is 0 Å². The molecule has 0 atom stereocenters. The summed E-state index contributed by atoms with van der Waals surface area (Å²) in [7, 11) is 0. The zero-order chi connectivity index (χ0) is 10.7. The third kappa shape index (κ3) is 2.24. The van der Waals surface area contributed by atoms with E-state index in [0.29, 0.717) is 6.54 Å². The fraction of sp³-hybridized carbons (Fsp3) is 0.200. The Labute approximate surface area is 91.4 Å². The van der Waals surface area contributed by atoms with Crippen molar-refractivity contribution >= 4 is 17.2 Å². The van der Waals surface area contributed by atoms with Gasteiger partial charge in [0.25, 0.3) is 5.91 Å². The van der Waals surface area contributed by atoms with Crippen LogP contribution in [0.4, 0.5) is 0 Å². The molecule has 4 nitrogen and oxygen atoms in total. The Morgan fingerprint density at radius 3 is 3.13 bits per heavy atom. The zero-order valence-corrected chi connectivity index (χ0v) is 9.10. The lowest BCUT2D eigenvalue weighted by atomic mass is 10.3. The molecular formula is C10H11N3OS. The summed E-state index contributed by atoms with van der Waals surface area (Å²) in [4.78, 5) is 19.3. The molecular weight excluding hydrogens is 210 g/mol. The quantitative estimate of drug-likeness (QED) is 0.829. The maximum Gasteiger partial charge on any atom is 0.261 e. The highest BCUT2D eigenvalue weighted by atomic mass is 32.1. The highest BCUT2D eigenvalue weighted by molar-refractivity contribution is 7.12. The van der Waals surface area contributed by atoms with Crippen LogP contribution < -0.4 is 5.32 Å². The second-order valence-electron chi connectivity index (χ2n) is 3.19. The molecule has 0 aromatic carbocycles. The predicted octanol–water partition coefficient (Wildman–Crippen LogP) is 1.71. The van der Waals surface area contributed by atoms with Crippen molar-refractivity contribution in [2.24, 2.45) is 0 Å². The van der Waals surface area contributed by atoms with E-state index in [4.69, 9.17) is 0 Å². The first-order chi connectivity index (χ1) is 7.27. The number of nitrogens with one attached hydrogen (secondary N) is 2. The van der Waals surface area contributed by atoms with Crippen molar-refractivity contribution < 1.29 is 4.79 Å². The predicted molar refractivity (Wildman–Crippen MR) is 58.8 cm³/mol. The van der Waals surface area contributed by atoms with Gasteiger partial charge in [-0.1, -0.05) is 0 Å². The summed E-state index contributed by atoms with van der Waals surface area (Å²) >= 11 is 1.46. The van der Waals surface area contributed by atoms with Gasteiger partial charge in [0.2, 0.25) is 0 Å². The van der Waals surface area contributed by atoms with Gasteiger partial charge in [0.05, 0.1) is 23.4 Å². The number of rotatable bonds is 3. The zero-order valence-electron chi connectivity index (χ0n) is 8.28. The molecule has 0 saturated heterocycles. The van der Waals surface area contributed by atoms with E-state index < -0.39 is 0 Å². The smallest absolute Gasteiger partial charge is 0.261 e. The largest absolute Gasteiger partial charge is 0.347 e. The molecule has 2 aromatic heterocycles. The van der Waals surface area contributed by atoms with Gasteiger partial charge in [-0.3, -0.25) is 4.79 Å². The SMILES string of the molecule is Cc1ccsc1C(=O)NCc1cnc[nH]1. The molecule has 78 valence electrons. The minimum atomic E-state index is -0.0305. The molecule has 0 aliphatic carbocycles. The molecule has 0 radical (unpaired) electrons. The van der Waals surface area contributed by atoms with Crippen LogP contribution in [0.3, 0.4) is 0 Å². The maximum atomic E-state index is 11.7. The van der Waals surface area contributed by atoms with Crippen LogP contribution in [-0.2, 0) is 6.54 Å². The van der Waals surface area contributed by atoms with Gasteiger partial charge >= 0.3 is 0 Å². The summed E-state index contributed by atoms with van der Waals surface area (Å²) in [5.74, 6) is -0.0305. The minimum absolute atomic E-state index is 0.0305. The first-order valence-corrected chi connectivity index (χ1v) is 5.45. The average molecular weight is 221 g/mol. The number of carbonyl (C=O) groups excluding carboxylic acids is 1. The molecule has 0 aliphatic rings. The Balaban J connectivity index is 1.96.